The Morgan fingerprint density at radius 3 is 2.44 bits per heavy atom. The highest BCUT2D eigenvalue weighted by molar-refractivity contribution is 6.37. The van der Waals surface area contributed by atoms with Crippen LogP contribution in [0.2, 0.25) is 0 Å². The van der Waals surface area contributed by atoms with Gasteiger partial charge in [-0.1, -0.05) is 0 Å². The van der Waals surface area contributed by atoms with E-state index in [4.69, 9.17) is 4.74 Å². The van der Waals surface area contributed by atoms with E-state index < -0.39 is 11.9 Å². The van der Waals surface area contributed by atoms with E-state index in [1.54, 1.807) is 12.1 Å². The molecule has 0 heterocycles. The van der Waals surface area contributed by atoms with Crippen LogP contribution in [0.3, 0.4) is 0 Å². The molecule has 0 saturated heterocycles. The fraction of sp³-hybridized carbons (Fsp3) is 0.385. The lowest BCUT2D eigenvalue weighted by atomic mass is 10.2. The van der Waals surface area contributed by atoms with Gasteiger partial charge in [0.2, 0.25) is 0 Å². The summed E-state index contributed by atoms with van der Waals surface area (Å²) in [5.41, 5.74) is 1.43. The predicted octanol–water partition coefficient (Wildman–Crippen LogP) is 1.89. The average molecular weight is 251 g/mol. The number of esters is 1. The summed E-state index contributed by atoms with van der Waals surface area (Å²) >= 11 is 0. The predicted molar refractivity (Wildman–Crippen MR) is 67.6 cm³/mol. The van der Waals surface area contributed by atoms with E-state index in [1.807, 2.05) is 26.8 Å². The molecule has 98 valence electrons. The monoisotopic (exact) mass is 251 g/mol. The number of nitrogens with one attached hydrogen (secondary N) is 1. The van der Waals surface area contributed by atoms with Gasteiger partial charge in [0.1, 0.15) is 5.75 Å². The van der Waals surface area contributed by atoms with Gasteiger partial charge in [0.25, 0.3) is 0 Å². The number of methoxy groups -OCH3 is 1. The zero-order valence-corrected chi connectivity index (χ0v) is 10.9. The van der Waals surface area contributed by atoms with Crippen molar-refractivity contribution in [3.8, 4) is 5.75 Å². The molecule has 0 radical (unpaired) electrons. The average Bonchev–Trinajstić information content (AvgIpc) is 2.25. The lowest BCUT2D eigenvalue weighted by Crippen LogP contribution is -2.23. The summed E-state index contributed by atoms with van der Waals surface area (Å²) in [6.45, 7) is 5.70. The largest absolute Gasteiger partial charge is 0.491 e. The number of amides is 1. The molecule has 1 aromatic carbocycles. The van der Waals surface area contributed by atoms with Crippen LogP contribution < -0.4 is 10.1 Å². The minimum atomic E-state index is -0.928. The van der Waals surface area contributed by atoms with E-state index >= 15 is 0 Å². The number of rotatable bonds is 3. The van der Waals surface area contributed by atoms with Crippen LogP contribution in [0.4, 0.5) is 5.69 Å². The van der Waals surface area contributed by atoms with E-state index in [2.05, 4.69) is 10.1 Å². The fourth-order valence-corrected chi connectivity index (χ4v) is 1.44. The van der Waals surface area contributed by atoms with Gasteiger partial charge in [-0.3, -0.25) is 4.79 Å². The molecule has 5 nitrogen and oxygen atoms in total. The first-order valence-electron chi connectivity index (χ1n) is 5.60. The highest BCUT2D eigenvalue weighted by Crippen LogP contribution is 2.21. The number of benzene rings is 1. The van der Waals surface area contributed by atoms with Crippen LogP contribution in [0.1, 0.15) is 19.4 Å². The minimum absolute atomic E-state index is 0.0379. The summed E-state index contributed by atoms with van der Waals surface area (Å²) in [6, 6.07) is 5.26. The van der Waals surface area contributed by atoms with Crippen molar-refractivity contribution in [2.75, 3.05) is 12.4 Å². The van der Waals surface area contributed by atoms with E-state index in [0.29, 0.717) is 11.4 Å². The molecule has 0 atom stereocenters. The van der Waals surface area contributed by atoms with E-state index in [-0.39, 0.29) is 6.10 Å². The molecule has 0 spiro atoms. The molecule has 1 aromatic rings. The molecule has 1 amide bonds. The summed E-state index contributed by atoms with van der Waals surface area (Å²) in [7, 11) is 1.16. The third-order valence-electron chi connectivity index (χ3n) is 2.05. The maximum Gasteiger partial charge on any atom is 0.396 e. The Labute approximate surface area is 106 Å². The molecule has 0 unspecified atom stereocenters. The maximum atomic E-state index is 11.4. The van der Waals surface area contributed by atoms with E-state index in [1.165, 1.54) is 0 Å². The van der Waals surface area contributed by atoms with Gasteiger partial charge >= 0.3 is 11.9 Å². The number of carbonyl (C=O) groups excluding carboxylic acids is 2. The molecule has 0 aliphatic rings. The third kappa shape index (κ3) is 4.08. The van der Waals surface area contributed by atoms with Crippen molar-refractivity contribution in [2.45, 2.75) is 26.9 Å². The van der Waals surface area contributed by atoms with Gasteiger partial charge in [-0.15, -0.1) is 0 Å². The van der Waals surface area contributed by atoms with Gasteiger partial charge in [-0.25, -0.2) is 4.79 Å². The summed E-state index contributed by atoms with van der Waals surface area (Å²) < 4.78 is 9.86. The van der Waals surface area contributed by atoms with Crippen LogP contribution in [-0.2, 0) is 14.3 Å². The number of hydrogen-bond donors (Lipinski definition) is 1. The molecule has 1 rings (SSSR count). The van der Waals surface area contributed by atoms with Crippen LogP contribution in [0.25, 0.3) is 0 Å². The highest BCUT2D eigenvalue weighted by Gasteiger charge is 2.14. The van der Waals surface area contributed by atoms with Gasteiger partial charge in [0.05, 0.1) is 13.2 Å². The topological polar surface area (TPSA) is 64.6 Å². The van der Waals surface area contributed by atoms with Gasteiger partial charge in [0.15, 0.2) is 0 Å². The van der Waals surface area contributed by atoms with Gasteiger partial charge in [-0.2, -0.15) is 0 Å². The van der Waals surface area contributed by atoms with Crippen molar-refractivity contribution >= 4 is 17.6 Å². The van der Waals surface area contributed by atoms with Crippen molar-refractivity contribution < 1.29 is 19.1 Å². The Balaban J connectivity index is 2.86. The summed E-state index contributed by atoms with van der Waals surface area (Å²) in [4.78, 5) is 22.4. The second-order valence-corrected chi connectivity index (χ2v) is 4.15. The maximum absolute atomic E-state index is 11.4. The lowest BCUT2D eigenvalue weighted by Gasteiger charge is -2.12. The SMILES string of the molecule is COC(=O)C(=O)Nc1cc(C)cc(OC(C)C)c1. The van der Waals surface area contributed by atoms with Crippen molar-refractivity contribution in [3.63, 3.8) is 0 Å². The van der Waals surface area contributed by atoms with Crippen LogP contribution in [-0.4, -0.2) is 25.1 Å². The van der Waals surface area contributed by atoms with Gasteiger partial charge in [0, 0.05) is 11.8 Å². The van der Waals surface area contributed by atoms with E-state index in [0.717, 1.165) is 12.7 Å². The molecule has 0 aliphatic carbocycles. The summed E-state index contributed by atoms with van der Waals surface area (Å²) in [5, 5.41) is 2.45. The zero-order chi connectivity index (χ0) is 13.7. The van der Waals surface area contributed by atoms with Crippen molar-refractivity contribution in [1.82, 2.24) is 0 Å². The van der Waals surface area contributed by atoms with Crippen molar-refractivity contribution in [1.29, 1.82) is 0 Å². The normalized spacial score (nSPS) is 10.1. The molecule has 1 N–H and O–H groups in total. The first-order chi connectivity index (χ1) is 8.42. The molecule has 0 bridgehead atoms. The Morgan fingerprint density at radius 2 is 1.89 bits per heavy atom. The molecule has 0 aromatic heterocycles. The number of anilines is 1. The fourth-order valence-electron chi connectivity index (χ4n) is 1.44. The summed E-state index contributed by atoms with van der Waals surface area (Å²) in [6.07, 6.45) is 0.0379. The second-order valence-electron chi connectivity index (χ2n) is 4.15. The van der Waals surface area contributed by atoms with Crippen molar-refractivity contribution in [3.05, 3.63) is 23.8 Å². The number of aryl methyl sites for hydroxylation is 1. The summed E-state index contributed by atoms with van der Waals surface area (Å²) in [5.74, 6) is -1.09. The smallest absolute Gasteiger partial charge is 0.396 e. The molecule has 0 aliphatic heterocycles. The van der Waals surface area contributed by atoms with E-state index in [9.17, 15) is 9.59 Å². The third-order valence-corrected chi connectivity index (χ3v) is 2.05. The molecule has 0 fully saturated rings. The number of carbonyl (C=O) groups is 2. The molecule has 18 heavy (non-hydrogen) atoms. The zero-order valence-electron chi connectivity index (χ0n) is 10.9. The van der Waals surface area contributed by atoms with Gasteiger partial charge in [-0.05, 0) is 38.5 Å². The Morgan fingerprint density at radius 1 is 1.22 bits per heavy atom. The Kier molecular flexibility index (Phi) is 4.71. The van der Waals surface area contributed by atoms with Crippen LogP contribution >= 0.6 is 0 Å². The van der Waals surface area contributed by atoms with Gasteiger partial charge < -0.3 is 14.8 Å². The molecular weight excluding hydrogens is 234 g/mol. The lowest BCUT2D eigenvalue weighted by molar-refractivity contribution is -0.150. The number of ether oxygens (including phenoxy) is 2. The van der Waals surface area contributed by atoms with Crippen LogP contribution in [0.5, 0.6) is 5.75 Å². The molecule has 0 saturated carbocycles. The second kappa shape index (κ2) is 6.05. The molecule has 5 heteroatoms. The highest BCUT2D eigenvalue weighted by atomic mass is 16.5. The van der Waals surface area contributed by atoms with Crippen LogP contribution in [0, 0.1) is 6.92 Å². The van der Waals surface area contributed by atoms with Crippen LogP contribution in [0.15, 0.2) is 18.2 Å². The first-order valence-corrected chi connectivity index (χ1v) is 5.60. The Bertz CT molecular complexity index is 454. The van der Waals surface area contributed by atoms with Crippen molar-refractivity contribution in [2.24, 2.45) is 0 Å². The quantitative estimate of drug-likeness (QED) is 0.658. The minimum Gasteiger partial charge on any atom is -0.491 e. The first kappa shape index (κ1) is 14.0. The standard InChI is InChI=1S/C13H17NO4/c1-8(2)18-11-6-9(3)5-10(7-11)14-12(15)13(16)17-4/h5-8H,1-4H3,(H,14,15). The molecular formula is C13H17NO4. The number of hydrogen-bond acceptors (Lipinski definition) is 4. The Hall–Kier alpha value is -2.04.